The zero-order valence-corrected chi connectivity index (χ0v) is 19.0. The van der Waals surface area contributed by atoms with E-state index in [1.165, 1.54) is 0 Å². The van der Waals surface area contributed by atoms with Gasteiger partial charge in [-0.25, -0.2) is 0 Å². The lowest BCUT2D eigenvalue weighted by Crippen LogP contribution is -2.44. The summed E-state index contributed by atoms with van der Waals surface area (Å²) >= 11 is 0. The molecule has 0 unspecified atom stereocenters. The van der Waals surface area contributed by atoms with Crippen LogP contribution in [0.25, 0.3) is 0 Å². The number of carbonyl (C=O) groups is 3. The summed E-state index contributed by atoms with van der Waals surface area (Å²) in [7, 11) is 0. The first-order chi connectivity index (χ1) is 15.2. The summed E-state index contributed by atoms with van der Waals surface area (Å²) in [5, 5.41) is 2.70. The highest BCUT2D eigenvalue weighted by Crippen LogP contribution is 2.24. The van der Waals surface area contributed by atoms with Gasteiger partial charge in [-0.2, -0.15) is 0 Å². The fourth-order valence-electron chi connectivity index (χ4n) is 2.69. The van der Waals surface area contributed by atoms with Gasteiger partial charge in [-0.05, 0) is 54.3 Å². The minimum Gasteiger partial charge on any atom is -0.494 e. The zero-order valence-electron chi connectivity index (χ0n) is 19.0. The number of rotatable bonds is 9. The maximum atomic E-state index is 12.0. The molecule has 0 heterocycles. The number of hydrogen-bond acceptors (Lipinski definition) is 5. The molecule has 2 aromatic carbocycles. The van der Waals surface area contributed by atoms with Crippen LogP contribution >= 0.6 is 0 Å². The second-order valence-corrected chi connectivity index (χ2v) is 8.16. The molecule has 0 aliphatic heterocycles. The minimum absolute atomic E-state index is 0.0223. The molecular formula is C24H31N3O5. The van der Waals surface area contributed by atoms with E-state index in [2.05, 4.69) is 36.9 Å². The average Bonchev–Trinajstić information content (AvgIpc) is 2.76. The maximum absolute atomic E-state index is 12.0. The van der Waals surface area contributed by atoms with Gasteiger partial charge >= 0.3 is 0 Å². The number of amides is 3. The van der Waals surface area contributed by atoms with E-state index in [4.69, 9.17) is 9.47 Å². The lowest BCUT2D eigenvalue weighted by Gasteiger charge is -2.19. The van der Waals surface area contributed by atoms with Gasteiger partial charge in [0, 0.05) is 18.5 Å². The van der Waals surface area contributed by atoms with E-state index < -0.39 is 11.8 Å². The van der Waals surface area contributed by atoms with Crippen molar-refractivity contribution in [2.75, 3.05) is 18.5 Å². The predicted octanol–water partition coefficient (Wildman–Crippen LogP) is 3.33. The standard InChI is InChI=1S/C24H31N3O5/c1-5-31-19-12-8-18(9-13-19)25-21(28)14-15-22(29)26-27-23(30)16-32-20-10-6-17(7-11-20)24(2,3)4/h6-13H,5,14-16H2,1-4H3,(H,25,28)(H,26,29)(H,27,30). The van der Waals surface area contributed by atoms with Crippen molar-refractivity contribution in [1.82, 2.24) is 10.9 Å². The number of nitrogens with one attached hydrogen (secondary N) is 3. The van der Waals surface area contributed by atoms with Crippen molar-refractivity contribution in [2.24, 2.45) is 0 Å². The van der Waals surface area contributed by atoms with Gasteiger partial charge in [0.25, 0.3) is 5.91 Å². The Bertz CT molecular complexity index is 903. The van der Waals surface area contributed by atoms with Crippen molar-refractivity contribution in [1.29, 1.82) is 0 Å². The third-order valence-corrected chi connectivity index (χ3v) is 4.46. The topological polar surface area (TPSA) is 106 Å². The normalized spacial score (nSPS) is 10.8. The molecule has 3 N–H and O–H groups in total. The molecule has 0 bridgehead atoms. The molecule has 0 atom stereocenters. The third kappa shape index (κ3) is 8.67. The first-order valence-corrected chi connectivity index (χ1v) is 10.5. The highest BCUT2D eigenvalue weighted by Gasteiger charge is 2.13. The van der Waals surface area contributed by atoms with Crippen LogP contribution in [-0.2, 0) is 19.8 Å². The summed E-state index contributed by atoms with van der Waals surface area (Å²) in [5.41, 5.74) is 6.35. The van der Waals surface area contributed by atoms with Gasteiger partial charge in [0.15, 0.2) is 6.61 Å². The maximum Gasteiger partial charge on any atom is 0.276 e. The monoisotopic (exact) mass is 441 g/mol. The van der Waals surface area contributed by atoms with E-state index in [-0.39, 0.29) is 30.8 Å². The summed E-state index contributed by atoms with van der Waals surface area (Å²) in [6.45, 7) is 8.55. The summed E-state index contributed by atoms with van der Waals surface area (Å²) < 4.78 is 10.8. The Hall–Kier alpha value is -3.55. The average molecular weight is 442 g/mol. The molecule has 2 rings (SSSR count). The van der Waals surface area contributed by atoms with E-state index >= 15 is 0 Å². The van der Waals surface area contributed by atoms with Gasteiger partial charge in [-0.1, -0.05) is 32.9 Å². The Labute approximate surface area is 188 Å². The summed E-state index contributed by atoms with van der Waals surface area (Å²) in [4.78, 5) is 35.7. The molecule has 8 nitrogen and oxygen atoms in total. The van der Waals surface area contributed by atoms with Crippen LogP contribution in [0.15, 0.2) is 48.5 Å². The Kier molecular flexibility index (Phi) is 9.07. The molecular weight excluding hydrogens is 410 g/mol. The van der Waals surface area contributed by atoms with Crippen LogP contribution in [0, 0.1) is 0 Å². The molecule has 0 saturated heterocycles. The molecule has 32 heavy (non-hydrogen) atoms. The SMILES string of the molecule is CCOc1ccc(NC(=O)CCC(=O)NNC(=O)COc2ccc(C(C)(C)C)cc2)cc1. The number of anilines is 1. The number of hydrogen-bond donors (Lipinski definition) is 3. The van der Waals surface area contributed by atoms with Gasteiger partial charge in [-0.15, -0.1) is 0 Å². The summed E-state index contributed by atoms with van der Waals surface area (Å²) in [6, 6.07) is 14.5. The molecule has 0 aliphatic carbocycles. The molecule has 0 aliphatic rings. The fourth-order valence-corrected chi connectivity index (χ4v) is 2.69. The summed E-state index contributed by atoms with van der Waals surface area (Å²) in [6.07, 6.45) is -0.0934. The van der Waals surface area contributed by atoms with Gasteiger partial charge in [0.1, 0.15) is 11.5 Å². The lowest BCUT2D eigenvalue weighted by molar-refractivity contribution is -0.130. The second kappa shape index (κ2) is 11.7. The van der Waals surface area contributed by atoms with Crippen molar-refractivity contribution >= 4 is 23.4 Å². The van der Waals surface area contributed by atoms with Crippen LogP contribution in [0.4, 0.5) is 5.69 Å². The van der Waals surface area contributed by atoms with Crippen LogP contribution in [0.1, 0.15) is 46.1 Å². The summed E-state index contributed by atoms with van der Waals surface area (Å²) in [5.74, 6) is -0.0126. The minimum atomic E-state index is -0.503. The van der Waals surface area contributed by atoms with Gasteiger partial charge in [0.05, 0.1) is 6.61 Å². The Morgan fingerprint density at radius 2 is 1.28 bits per heavy atom. The van der Waals surface area contributed by atoms with Crippen molar-refractivity contribution in [2.45, 2.75) is 46.0 Å². The number of ether oxygens (including phenoxy) is 2. The van der Waals surface area contributed by atoms with E-state index in [1.807, 2.05) is 19.1 Å². The highest BCUT2D eigenvalue weighted by atomic mass is 16.5. The predicted molar refractivity (Wildman–Crippen MR) is 122 cm³/mol. The van der Waals surface area contributed by atoms with Crippen LogP contribution < -0.4 is 25.6 Å². The van der Waals surface area contributed by atoms with Crippen molar-refractivity contribution in [3.63, 3.8) is 0 Å². The second-order valence-electron chi connectivity index (χ2n) is 8.16. The number of hydrazine groups is 1. The van der Waals surface area contributed by atoms with Crippen molar-refractivity contribution < 1.29 is 23.9 Å². The van der Waals surface area contributed by atoms with Crippen molar-refractivity contribution in [3.05, 3.63) is 54.1 Å². The van der Waals surface area contributed by atoms with Crippen LogP contribution in [-0.4, -0.2) is 30.9 Å². The Morgan fingerprint density at radius 1 is 0.750 bits per heavy atom. The van der Waals surface area contributed by atoms with Gasteiger partial charge in [0.2, 0.25) is 11.8 Å². The van der Waals surface area contributed by atoms with E-state index in [1.54, 1.807) is 36.4 Å². The van der Waals surface area contributed by atoms with Gasteiger partial charge in [-0.3, -0.25) is 25.2 Å². The molecule has 0 fully saturated rings. The van der Waals surface area contributed by atoms with E-state index in [0.29, 0.717) is 23.8 Å². The van der Waals surface area contributed by atoms with Crippen LogP contribution in [0.3, 0.4) is 0 Å². The smallest absolute Gasteiger partial charge is 0.276 e. The molecule has 0 aromatic heterocycles. The first kappa shape index (κ1) is 24.7. The van der Waals surface area contributed by atoms with E-state index in [0.717, 1.165) is 5.56 Å². The lowest BCUT2D eigenvalue weighted by atomic mass is 9.87. The quantitative estimate of drug-likeness (QED) is 0.518. The van der Waals surface area contributed by atoms with E-state index in [9.17, 15) is 14.4 Å². The zero-order chi connectivity index (χ0) is 23.6. The Morgan fingerprint density at radius 3 is 1.88 bits per heavy atom. The molecule has 3 amide bonds. The Balaban J connectivity index is 1.64. The van der Waals surface area contributed by atoms with Gasteiger partial charge < -0.3 is 14.8 Å². The van der Waals surface area contributed by atoms with Crippen molar-refractivity contribution in [3.8, 4) is 11.5 Å². The number of carbonyl (C=O) groups excluding carboxylic acids is 3. The number of benzene rings is 2. The molecule has 172 valence electrons. The first-order valence-electron chi connectivity index (χ1n) is 10.5. The molecule has 0 spiro atoms. The van der Waals surface area contributed by atoms with Crippen LogP contribution in [0.5, 0.6) is 11.5 Å². The van der Waals surface area contributed by atoms with Crippen LogP contribution in [0.2, 0.25) is 0 Å². The largest absolute Gasteiger partial charge is 0.494 e. The molecule has 2 aromatic rings. The highest BCUT2D eigenvalue weighted by molar-refractivity contribution is 5.93. The third-order valence-electron chi connectivity index (χ3n) is 4.46. The fraction of sp³-hybridized carbons (Fsp3) is 0.375. The molecule has 0 saturated carbocycles. The molecule has 0 radical (unpaired) electrons. The molecule has 8 heteroatoms.